The smallest absolute Gasteiger partial charge is 0.280 e. The van der Waals surface area contributed by atoms with Gasteiger partial charge >= 0.3 is 0 Å². The Morgan fingerprint density at radius 3 is 1.90 bits per heavy atom. The number of alkyl halides is 4. The summed E-state index contributed by atoms with van der Waals surface area (Å²) in [5, 5.41) is 5.46. The van der Waals surface area contributed by atoms with Gasteiger partial charge in [-0.05, 0) is 36.8 Å². The minimum Gasteiger partial charge on any atom is -0.491 e. The van der Waals surface area contributed by atoms with Crippen LogP contribution < -0.4 is 20.1 Å². The molecule has 16 nitrogen and oxygen atoms in total. The minimum absolute atomic E-state index is 0.0113. The molecule has 0 spiro atoms. The van der Waals surface area contributed by atoms with Crippen LogP contribution in [0.2, 0.25) is 0 Å². The lowest BCUT2D eigenvalue weighted by Gasteiger charge is -2.38. The van der Waals surface area contributed by atoms with Crippen molar-refractivity contribution in [1.82, 2.24) is 38.5 Å². The average Bonchev–Trinajstić information content (AvgIpc) is 3.82. The van der Waals surface area contributed by atoms with Crippen LogP contribution in [0.4, 0.5) is 28.9 Å². The second kappa shape index (κ2) is 18.4. The fourth-order valence-electron chi connectivity index (χ4n) is 7.46. The molecule has 6 aromatic rings. The van der Waals surface area contributed by atoms with Crippen molar-refractivity contribution in [1.29, 1.82) is 0 Å². The number of imidazole rings is 2. The SMILES string of the molecule is CCOc1cc2nc(C3CN(C(C)=O)C3)cn2cc1NC(=O)c1cc(CCOc2cc3nc(C4CN(CCOC)C4)cn3cc2NC(=O)c2cccc(C(F)F)n2)cc(C(F)F)n1. The second-order valence-corrected chi connectivity index (χ2v) is 15.3. The zero-order valence-corrected chi connectivity index (χ0v) is 34.6. The van der Waals surface area contributed by atoms with Crippen LogP contribution in [0.25, 0.3) is 11.3 Å². The summed E-state index contributed by atoms with van der Waals surface area (Å²) in [6.45, 7) is 7.54. The van der Waals surface area contributed by atoms with Crippen molar-refractivity contribution in [2.45, 2.75) is 45.0 Å². The Morgan fingerprint density at radius 1 is 0.730 bits per heavy atom. The summed E-state index contributed by atoms with van der Waals surface area (Å²) in [5.74, 6) is -0.832. The third-order valence-electron chi connectivity index (χ3n) is 10.9. The fourth-order valence-corrected chi connectivity index (χ4v) is 7.46. The Morgan fingerprint density at radius 2 is 1.32 bits per heavy atom. The van der Waals surface area contributed by atoms with Crippen molar-refractivity contribution in [3.05, 3.63) is 107 Å². The quantitative estimate of drug-likeness (QED) is 0.101. The summed E-state index contributed by atoms with van der Waals surface area (Å²) < 4.78 is 75.9. The normalized spacial score (nSPS) is 14.7. The maximum atomic E-state index is 14.2. The van der Waals surface area contributed by atoms with Crippen LogP contribution in [-0.2, 0) is 16.0 Å². The fraction of sp³-hybridized carbons (Fsp3) is 0.372. The molecule has 2 aliphatic rings. The number of likely N-dealkylation sites (tertiary alicyclic amines) is 2. The van der Waals surface area contributed by atoms with E-state index < -0.39 is 36.1 Å². The molecule has 0 aromatic carbocycles. The van der Waals surface area contributed by atoms with E-state index in [4.69, 9.17) is 24.2 Å². The zero-order chi connectivity index (χ0) is 44.4. The Balaban J connectivity index is 1.01. The highest BCUT2D eigenvalue weighted by molar-refractivity contribution is 6.04. The number of anilines is 2. The van der Waals surface area contributed by atoms with Gasteiger partial charge in [0.25, 0.3) is 24.7 Å². The lowest BCUT2D eigenvalue weighted by atomic mass is 9.97. The van der Waals surface area contributed by atoms with Gasteiger partial charge < -0.3 is 38.5 Å². The first kappa shape index (κ1) is 43.0. The predicted octanol–water partition coefficient (Wildman–Crippen LogP) is 6.16. The van der Waals surface area contributed by atoms with E-state index in [1.165, 1.54) is 31.2 Å². The number of nitrogens with zero attached hydrogens (tertiary/aromatic N) is 8. The molecule has 6 aromatic heterocycles. The first-order valence-corrected chi connectivity index (χ1v) is 20.3. The molecule has 2 aliphatic heterocycles. The van der Waals surface area contributed by atoms with Gasteiger partial charge in [0, 0.05) is 102 Å². The molecule has 63 heavy (non-hydrogen) atoms. The maximum Gasteiger partial charge on any atom is 0.280 e. The number of hydrogen-bond acceptors (Lipinski definition) is 11. The molecule has 2 saturated heterocycles. The molecule has 330 valence electrons. The molecule has 8 rings (SSSR count). The van der Waals surface area contributed by atoms with E-state index in [0.717, 1.165) is 37.1 Å². The molecule has 8 heterocycles. The number of pyridine rings is 4. The van der Waals surface area contributed by atoms with E-state index in [1.54, 1.807) is 52.3 Å². The molecular weight excluding hydrogens is 829 g/mol. The largest absolute Gasteiger partial charge is 0.491 e. The molecule has 3 amide bonds. The van der Waals surface area contributed by atoms with Crippen LogP contribution in [0.5, 0.6) is 11.5 Å². The lowest BCUT2D eigenvalue weighted by Crippen LogP contribution is -2.47. The van der Waals surface area contributed by atoms with Crippen molar-refractivity contribution in [3.8, 4) is 11.5 Å². The van der Waals surface area contributed by atoms with Gasteiger partial charge in [0.15, 0.2) is 0 Å². The summed E-state index contributed by atoms with van der Waals surface area (Å²) in [5.41, 5.74) is 1.73. The topological polar surface area (TPSA) is 170 Å². The van der Waals surface area contributed by atoms with E-state index in [0.29, 0.717) is 42.3 Å². The number of rotatable bonds is 17. The Kier molecular flexibility index (Phi) is 12.5. The number of halogens is 4. The number of ether oxygens (including phenoxy) is 3. The monoisotopic (exact) mass is 872 g/mol. The zero-order valence-electron chi connectivity index (χ0n) is 34.6. The van der Waals surface area contributed by atoms with Crippen molar-refractivity contribution >= 4 is 40.4 Å². The highest BCUT2D eigenvalue weighted by atomic mass is 19.3. The molecule has 0 radical (unpaired) electrons. The van der Waals surface area contributed by atoms with Crippen LogP contribution in [0.15, 0.2) is 67.3 Å². The van der Waals surface area contributed by atoms with E-state index in [9.17, 15) is 31.9 Å². The third-order valence-corrected chi connectivity index (χ3v) is 10.9. The molecule has 0 saturated carbocycles. The van der Waals surface area contributed by atoms with E-state index >= 15 is 0 Å². The summed E-state index contributed by atoms with van der Waals surface area (Å²) in [6.07, 6.45) is 1.02. The van der Waals surface area contributed by atoms with Crippen molar-refractivity contribution in [2.75, 3.05) is 70.3 Å². The lowest BCUT2D eigenvalue weighted by molar-refractivity contribution is -0.133. The first-order valence-electron chi connectivity index (χ1n) is 20.3. The van der Waals surface area contributed by atoms with E-state index in [2.05, 4.69) is 25.5 Å². The van der Waals surface area contributed by atoms with Crippen LogP contribution in [0, 0.1) is 0 Å². The predicted molar refractivity (Wildman–Crippen MR) is 221 cm³/mol. The number of amides is 3. The number of nitrogens with one attached hydrogen (secondary N) is 2. The third kappa shape index (κ3) is 9.56. The van der Waals surface area contributed by atoms with Gasteiger partial charge in [-0.3, -0.25) is 19.3 Å². The molecule has 0 bridgehead atoms. The standard InChI is InChI=1S/C43H44F4N10O6/c1-4-62-36-14-38-51-33(27-18-55(19-27)24(2)58)21-57(38)22-34(36)53-43(60)31-13-25(12-30(49-31)41(46)47)8-10-63-37-15-39-50-32(26-16-54(17-26)9-11-61-3)20-56(39)23-35(37)52-42(59)29-7-5-6-28(48-29)40(44)45/h5-7,12-15,20-23,26-27,40-41H,4,8-11,16-19H2,1-3H3,(H,52,59)(H,53,60). The molecule has 2 N–H and O–H groups in total. The Hall–Kier alpha value is -6.67. The number of methoxy groups -OCH3 is 1. The number of carbonyl (C=O) groups excluding carboxylic acids is 3. The highest BCUT2D eigenvalue weighted by Gasteiger charge is 2.32. The van der Waals surface area contributed by atoms with Crippen molar-refractivity contribution < 1.29 is 46.2 Å². The van der Waals surface area contributed by atoms with Crippen molar-refractivity contribution in [3.63, 3.8) is 0 Å². The molecular formula is C43H44F4N10O6. The summed E-state index contributed by atoms with van der Waals surface area (Å²) in [7, 11) is 1.65. The van der Waals surface area contributed by atoms with E-state index in [-0.39, 0.29) is 65.9 Å². The highest BCUT2D eigenvalue weighted by Crippen LogP contribution is 2.33. The van der Waals surface area contributed by atoms with Gasteiger partial charge in [-0.15, -0.1) is 0 Å². The summed E-state index contributed by atoms with van der Waals surface area (Å²) >= 11 is 0. The number of aromatic nitrogens is 6. The number of hydrogen-bond donors (Lipinski definition) is 2. The molecule has 0 aliphatic carbocycles. The van der Waals surface area contributed by atoms with Crippen molar-refractivity contribution in [2.24, 2.45) is 0 Å². The molecule has 2 fully saturated rings. The van der Waals surface area contributed by atoms with Gasteiger partial charge in [-0.25, -0.2) is 37.5 Å². The minimum atomic E-state index is -3.00. The average molecular weight is 873 g/mol. The van der Waals surface area contributed by atoms with Crippen LogP contribution >= 0.6 is 0 Å². The van der Waals surface area contributed by atoms with Gasteiger partial charge in [0.05, 0.1) is 31.2 Å². The Bertz CT molecular complexity index is 2660. The molecule has 0 atom stereocenters. The van der Waals surface area contributed by atoms with Gasteiger partial charge in [0.1, 0.15) is 56.9 Å². The maximum absolute atomic E-state index is 14.2. The van der Waals surface area contributed by atoms with Gasteiger partial charge in [0.2, 0.25) is 5.91 Å². The molecule has 20 heteroatoms. The summed E-state index contributed by atoms with van der Waals surface area (Å²) in [6, 6.07) is 9.59. The van der Waals surface area contributed by atoms with Crippen LogP contribution in [-0.4, -0.2) is 116 Å². The Labute approximate surface area is 358 Å². The number of fused-ring (bicyclic) bond motifs is 2. The van der Waals surface area contributed by atoms with Crippen LogP contribution in [0.1, 0.15) is 87.9 Å². The summed E-state index contributed by atoms with van der Waals surface area (Å²) in [4.78, 5) is 60.0. The first-order chi connectivity index (χ1) is 30.3. The number of carbonyl (C=O) groups is 3. The van der Waals surface area contributed by atoms with Gasteiger partial charge in [-0.2, -0.15) is 0 Å². The van der Waals surface area contributed by atoms with Gasteiger partial charge in [-0.1, -0.05) is 6.07 Å². The molecule has 0 unspecified atom stereocenters. The van der Waals surface area contributed by atoms with E-state index in [1.807, 2.05) is 12.4 Å². The van der Waals surface area contributed by atoms with Crippen LogP contribution in [0.3, 0.4) is 0 Å². The second-order valence-electron chi connectivity index (χ2n) is 15.3.